The summed E-state index contributed by atoms with van der Waals surface area (Å²) in [5.74, 6) is 1.07. The van der Waals surface area contributed by atoms with E-state index in [1.165, 1.54) is 24.2 Å². The highest BCUT2D eigenvalue weighted by atomic mass is 32.1. The molecule has 0 radical (unpaired) electrons. The highest BCUT2D eigenvalue weighted by Gasteiger charge is 2.20. The van der Waals surface area contributed by atoms with Gasteiger partial charge in [0.05, 0.1) is 4.88 Å². The summed E-state index contributed by atoms with van der Waals surface area (Å²) >= 11 is 1.52. The van der Waals surface area contributed by atoms with E-state index in [4.69, 9.17) is 4.74 Å². The van der Waals surface area contributed by atoms with Gasteiger partial charge in [0, 0.05) is 19.6 Å². The average molecular weight is 224 g/mol. The van der Waals surface area contributed by atoms with Crippen molar-refractivity contribution in [2.45, 2.75) is 25.7 Å². The van der Waals surface area contributed by atoms with Crippen molar-refractivity contribution in [3.8, 4) is 0 Å². The number of rotatable bonds is 7. The Labute approximate surface area is 94.3 Å². The van der Waals surface area contributed by atoms with E-state index in [2.05, 4.69) is 0 Å². The molecule has 0 atom stereocenters. The molecular weight excluding hydrogens is 208 g/mol. The van der Waals surface area contributed by atoms with E-state index in [-0.39, 0.29) is 5.78 Å². The van der Waals surface area contributed by atoms with Crippen LogP contribution in [0.5, 0.6) is 0 Å². The van der Waals surface area contributed by atoms with E-state index in [0.29, 0.717) is 6.42 Å². The summed E-state index contributed by atoms with van der Waals surface area (Å²) in [5, 5.41) is 1.94. The van der Waals surface area contributed by atoms with Gasteiger partial charge in [-0.25, -0.2) is 0 Å². The predicted octanol–water partition coefficient (Wildman–Crippen LogP) is 3.14. The molecule has 1 aromatic heterocycles. The Bertz CT molecular complexity index is 301. The fourth-order valence-corrected chi connectivity index (χ4v) is 2.12. The lowest BCUT2D eigenvalue weighted by atomic mass is 10.2. The van der Waals surface area contributed by atoms with Crippen molar-refractivity contribution in [3.63, 3.8) is 0 Å². The third-order valence-electron chi connectivity index (χ3n) is 2.54. The van der Waals surface area contributed by atoms with Crippen LogP contribution >= 0.6 is 11.3 Å². The molecule has 15 heavy (non-hydrogen) atoms. The van der Waals surface area contributed by atoms with Crippen LogP contribution < -0.4 is 0 Å². The molecule has 1 saturated carbocycles. The van der Waals surface area contributed by atoms with Crippen LogP contribution in [-0.4, -0.2) is 19.0 Å². The van der Waals surface area contributed by atoms with E-state index in [0.717, 1.165) is 30.4 Å². The minimum Gasteiger partial charge on any atom is -0.381 e. The molecule has 82 valence electrons. The van der Waals surface area contributed by atoms with Crippen molar-refractivity contribution in [2.75, 3.05) is 13.2 Å². The zero-order chi connectivity index (χ0) is 10.5. The largest absolute Gasteiger partial charge is 0.381 e. The minimum absolute atomic E-state index is 0.250. The second-order valence-corrected chi connectivity index (χ2v) is 4.97. The van der Waals surface area contributed by atoms with Crippen LogP contribution in [0, 0.1) is 5.92 Å². The SMILES string of the molecule is O=C(CCCOCC1CC1)c1cccs1. The molecule has 0 saturated heterocycles. The summed E-state index contributed by atoms with van der Waals surface area (Å²) in [6, 6.07) is 3.81. The smallest absolute Gasteiger partial charge is 0.172 e. The Morgan fingerprint density at radius 2 is 2.40 bits per heavy atom. The molecule has 0 bridgehead atoms. The first-order valence-corrected chi connectivity index (χ1v) is 6.38. The Hall–Kier alpha value is -0.670. The average Bonchev–Trinajstić information content (AvgIpc) is 2.90. The fraction of sp³-hybridized carbons (Fsp3) is 0.583. The topological polar surface area (TPSA) is 26.3 Å². The van der Waals surface area contributed by atoms with Gasteiger partial charge in [-0.3, -0.25) is 4.79 Å². The number of ether oxygens (including phenoxy) is 1. The number of hydrogen-bond donors (Lipinski definition) is 0. The molecule has 1 aliphatic rings. The molecule has 0 unspecified atom stereocenters. The van der Waals surface area contributed by atoms with Crippen molar-refractivity contribution in [3.05, 3.63) is 22.4 Å². The maximum Gasteiger partial charge on any atom is 0.172 e. The first-order chi connectivity index (χ1) is 7.36. The monoisotopic (exact) mass is 224 g/mol. The van der Waals surface area contributed by atoms with Crippen LogP contribution in [-0.2, 0) is 4.74 Å². The van der Waals surface area contributed by atoms with Gasteiger partial charge in [-0.15, -0.1) is 11.3 Å². The molecule has 0 aromatic carbocycles. The lowest BCUT2D eigenvalue weighted by molar-refractivity contribution is 0.0930. The Morgan fingerprint density at radius 3 is 3.07 bits per heavy atom. The molecule has 0 N–H and O–H groups in total. The van der Waals surface area contributed by atoms with Gasteiger partial charge >= 0.3 is 0 Å². The van der Waals surface area contributed by atoms with Crippen LogP contribution in [0.2, 0.25) is 0 Å². The second kappa shape index (κ2) is 5.42. The molecule has 0 aliphatic heterocycles. The van der Waals surface area contributed by atoms with Gasteiger partial charge < -0.3 is 4.74 Å². The third-order valence-corrected chi connectivity index (χ3v) is 3.45. The van der Waals surface area contributed by atoms with Crippen molar-refractivity contribution < 1.29 is 9.53 Å². The quantitative estimate of drug-likeness (QED) is 0.525. The maximum absolute atomic E-state index is 11.6. The summed E-state index contributed by atoms with van der Waals surface area (Å²) in [6.45, 7) is 1.63. The number of Topliss-reactive ketones (excluding diaryl/α,β-unsaturated/α-hetero) is 1. The third kappa shape index (κ3) is 3.76. The fourth-order valence-electron chi connectivity index (χ4n) is 1.43. The zero-order valence-electron chi connectivity index (χ0n) is 8.78. The van der Waals surface area contributed by atoms with Gasteiger partial charge in [0.2, 0.25) is 0 Å². The molecule has 2 nitrogen and oxygen atoms in total. The number of ketones is 1. The van der Waals surface area contributed by atoms with Gasteiger partial charge in [-0.05, 0) is 36.6 Å². The molecule has 1 fully saturated rings. The number of carbonyl (C=O) groups excluding carboxylic acids is 1. The van der Waals surface area contributed by atoms with Crippen LogP contribution in [0.25, 0.3) is 0 Å². The van der Waals surface area contributed by atoms with E-state index in [1.54, 1.807) is 0 Å². The van der Waals surface area contributed by atoms with Crippen LogP contribution in [0.15, 0.2) is 17.5 Å². The summed E-state index contributed by atoms with van der Waals surface area (Å²) in [7, 11) is 0. The number of hydrogen-bond acceptors (Lipinski definition) is 3. The van der Waals surface area contributed by atoms with E-state index < -0.39 is 0 Å². The summed E-state index contributed by atoms with van der Waals surface area (Å²) in [5.41, 5.74) is 0. The second-order valence-electron chi connectivity index (χ2n) is 4.02. The van der Waals surface area contributed by atoms with Crippen LogP contribution in [0.4, 0.5) is 0 Å². The van der Waals surface area contributed by atoms with E-state index >= 15 is 0 Å². The Morgan fingerprint density at radius 1 is 1.53 bits per heavy atom. The van der Waals surface area contributed by atoms with Crippen molar-refractivity contribution >= 4 is 17.1 Å². The van der Waals surface area contributed by atoms with E-state index in [1.807, 2.05) is 17.5 Å². The molecule has 1 heterocycles. The molecular formula is C12H16O2S. The van der Waals surface area contributed by atoms with Crippen molar-refractivity contribution in [1.82, 2.24) is 0 Å². The van der Waals surface area contributed by atoms with Gasteiger partial charge in [-0.2, -0.15) is 0 Å². The number of thiophene rings is 1. The standard InChI is InChI=1S/C12H16O2S/c13-11(12-4-2-8-15-12)3-1-7-14-9-10-5-6-10/h2,4,8,10H,1,3,5-7,9H2. The van der Waals surface area contributed by atoms with Crippen molar-refractivity contribution in [1.29, 1.82) is 0 Å². The lowest BCUT2D eigenvalue weighted by Crippen LogP contribution is -2.02. The molecule has 2 rings (SSSR count). The summed E-state index contributed by atoms with van der Waals surface area (Å²) in [6.07, 6.45) is 4.12. The molecule has 1 aromatic rings. The van der Waals surface area contributed by atoms with Crippen LogP contribution in [0.3, 0.4) is 0 Å². The van der Waals surface area contributed by atoms with Crippen LogP contribution in [0.1, 0.15) is 35.4 Å². The van der Waals surface area contributed by atoms with Gasteiger partial charge in [0.15, 0.2) is 5.78 Å². The Kier molecular flexibility index (Phi) is 3.92. The maximum atomic E-state index is 11.6. The zero-order valence-corrected chi connectivity index (χ0v) is 9.59. The normalized spacial score (nSPS) is 15.5. The lowest BCUT2D eigenvalue weighted by Gasteiger charge is -2.01. The predicted molar refractivity (Wildman–Crippen MR) is 61.4 cm³/mol. The highest BCUT2D eigenvalue weighted by molar-refractivity contribution is 7.12. The van der Waals surface area contributed by atoms with Gasteiger partial charge in [0.1, 0.15) is 0 Å². The molecule has 1 aliphatic carbocycles. The summed E-state index contributed by atoms with van der Waals surface area (Å²) < 4.78 is 5.48. The van der Waals surface area contributed by atoms with Crippen molar-refractivity contribution in [2.24, 2.45) is 5.92 Å². The number of carbonyl (C=O) groups is 1. The molecule has 3 heteroatoms. The van der Waals surface area contributed by atoms with Gasteiger partial charge in [0.25, 0.3) is 0 Å². The minimum atomic E-state index is 0.250. The first kappa shape index (κ1) is 10.8. The summed E-state index contributed by atoms with van der Waals surface area (Å²) in [4.78, 5) is 12.4. The first-order valence-electron chi connectivity index (χ1n) is 5.50. The van der Waals surface area contributed by atoms with E-state index in [9.17, 15) is 4.79 Å². The molecule has 0 spiro atoms. The molecule has 0 amide bonds. The van der Waals surface area contributed by atoms with Gasteiger partial charge in [-0.1, -0.05) is 6.07 Å². The Balaban J connectivity index is 1.55. The highest BCUT2D eigenvalue weighted by Crippen LogP contribution is 2.28.